The van der Waals surface area contributed by atoms with Crippen LogP contribution in [0, 0.1) is 0 Å². The van der Waals surface area contributed by atoms with Gasteiger partial charge in [0.2, 0.25) is 0 Å². The highest BCUT2D eigenvalue weighted by Crippen LogP contribution is 2.30. The summed E-state index contributed by atoms with van der Waals surface area (Å²) in [7, 11) is 3.19. The van der Waals surface area contributed by atoms with Gasteiger partial charge in [-0.05, 0) is 44.2 Å². The predicted octanol–water partition coefficient (Wildman–Crippen LogP) is 3.39. The molecule has 7 nitrogen and oxygen atoms in total. The maximum absolute atomic E-state index is 10.0. The van der Waals surface area contributed by atoms with Crippen LogP contribution in [0.1, 0.15) is 19.4 Å². The molecule has 0 heterocycles. The van der Waals surface area contributed by atoms with Gasteiger partial charge >= 0.3 is 0 Å². The van der Waals surface area contributed by atoms with Crippen LogP contribution >= 0.6 is 0 Å². The summed E-state index contributed by atoms with van der Waals surface area (Å²) in [5.41, 5.74) is 1.49. The van der Waals surface area contributed by atoms with Gasteiger partial charge < -0.3 is 30.0 Å². The lowest BCUT2D eigenvalue weighted by molar-refractivity contribution is 0.311. The molecule has 2 rings (SSSR count). The van der Waals surface area contributed by atoms with Crippen LogP contribution in [0.3, 0.4) is 0 Å². The number of hydrogen-bond donors (Lipinski definition) is 3. The van der Waals surface area contributed by atoms with E-state index < -0.39 is 0 Å². The number of nitrogens with zero attached hydrogens (tertiary/aromatic N) is 1. The predicted molar refractivity (Wildman–Crippen MR) is 107 cm³/mol. The molecular weight excluding hydrogens is 346 g/mol. The van der Waals surface area contributed by atoms with Crippen LogP contribution in [0.25, 0.3) is 0 Å². The Kier molecular flexibility index (Phi) is 7.61. The zero-order valence-electron chi connectivity index (χ0n) is 16.2. The Morgan fingerprint density at radius 1 is 1.04 bits per heavy atom. The van der Waals surface area contributed by atoms with E-state index in [1.165, 1.54) is 0 Å². The average Bonchev–Trinajstić information content (AvgIpc) is 2.68. The molecule has 0 saturated heterocycles. The van der Waals surface area contributed by atoms with Gasteiger partial charge in [0.25, 0.3) is 0 Å². The van der Waals surface area contributed by atoms with Crippen LogP contribution in [0.4, 0.5) is 5.69 Å². The number of anilines is 1. The van der Waals surface area contributed by atoms with Gasteiger partial charge in [-0.25, -0.2) is 4.99 Å². The largest absolute Gasteiger partial charge is 0.508 e. The molecule has 7 heteroatoms. The van der Waals surface area contributed by atoms with Crippen molar-refractivity contribution in [2.24, 2.45) is 4.99 Å². The van der Waals surface area contributed by atoms with Gasteiger partial charge in [-0.2, -0.15) is 0 Å². The lowest BCUT2D eigenvalue weighted by Crippen LogP contribution is -2.30. The molecule has 0 aliphatic carbocycles. The Bertz CT molecular complexity index is 778. The molecule has 0 fully saturated rings. The van der Waals surface area contributed by atoms with Gasteiger partial charge in [-0.1, -0.05) is 0 Å². The second-order valence-corrected chi connectivity index (χ2v) is 5.61. The number of methoxy groups -OCH3 is 2. The molecule has 0 atom stereocenters. The van der Waals surface area contributed by atoms with Crippen LogP contribution in [0.5, 0.6) is 23.0 Å². The summed E-state index contributed by atoms with van der Waals surface area (Å²) in [6, 6.07) is 10.7. The minimum atomic E-state index is 0.179. The van der Waals surface area contributed by atoms with Crippen molar-refractivity contribution in [3.63, 3.8) is 0 Å². The van der Waals surface area contributed by atoms with E-state index in [4.69, 9.17) is 14.2 Å². The Hall–Kier alpha value is -3.09. The summed E-state index contributed by atoms with van der Waals surface area (Å²) in [5, 5.41) is 16.4. The zero-order valence-corrected chi connectivity index (χ0v) is 16.2. The minimum absolute atomic E-state index is 0.179. The van der Waals surface area contributed by atoms with E-state index >= 15 is 0 Å². The number of ether oxygens (including phenoxy) is 3. The average molecular weight is 373 g/mol. The first-order chi connectivity index (χ1) is 13.1. The van der Waals surface area contributed by atoms with Gasteiger partial charge in [0.05, 0.1) is 27.4 Å². The van der Waals surface area contributed by atoms with Gasteiger partial charge in [0, 0.05) is 23.9 Å². The lowest BCUT2D eigenvalue weighted by atomic mass is 10.2. The lowest BCUT2D eigenvalue weighted by Gasteiger charge is -2.14. The van der Waals surface area contributed by atoms with Crippen molar-refractivity contribution < 1.29 is 19.3 Å². The molecule has 2 aromatic rings. The third-order valence-electron chi connectivity index (χ3n) is 3.76. The maximum Gasteiger partial charge on any atom is 0.196 e. The third-order valence-corrected chi connectivity index (χ3v) is 3.76. The fraction of sp³-hybridized carbons (Fsp3) is 0.350. The number of rotatable bonds is 8. The van der Waals surface area contributed by atoms with E-state index in [9.17, 15) is 5.11 Å². The number of aromatic hydroxyl groups is 1. The van der Waals surface area contributed by atoms with E-state index in [1.54, 1.807) is 32.4 Å². The standard InChI is InChI=1S/C20H27N3O4/c1-5-21-20(22-13-14-11-16(25-3)8-9-17(14)24)23-15-7-10-18(27-6-2)19(12-15)26-4/h7-12,24H,5-6,13H2,1-4H3,(H2,21,22,23). The number of aliphatic imine (C=N–C) groups is 1. The van der Waals surface area contributed by atoms with Crippen molar-refractivity contribution in [2.45, 2.75) is 20.4 Å². The molecule has 0 radical (unpaired) electrons. The Morgan fingerprint density at radius 3 is 2.52 bits per heavy atom. The van der Waals surface area contributed by atoms with Crippen LogP contribution < -0.4 is 24.8 Å². The molecule has 2 aromatic carbocycles. The molecule has 27 heavy (non-hydrogen) atoms. The normalized spacial score (nSPS) is 11.0. The van der Waals surface area contributed by atoms with Crippen LogP contribution in [0.2, 0.25) is 0 Å². The van der Waals surface area contributed by atoms with Crippen molar-refractivity contribution >= 4 is 11.6 Å². The van der Waals surface area contributed by atoms with Crippen LogP contribution in [0.15, 0.2) is 41.4 Å². The highest BCUT2D eigenvalue weighted by molar-refractivity contribution is 5.93. The number of hydrogen-bond acceptors (Lipinski definition) is 5. The molecule has 0 bridgehead atoms. The zero-order chi connectivity index (χ0) is 19.6. The Labute approximate surface area is 160 Å². The first kappa shape index (κ1) is 20.2. The number of nitrogens with one attached hydrogen (secondary N) is 2. The smallest absolute Gasteiger partial charge is 0.196 e. The number of phenols is 1. The second-order valence-electron chi connectivity index (χ2n) is 5.61. The minimum Gasteiger partial charge on any atom is -0.508 e. The van der Waals surface area contributed by atoms with Gasteiger partial charge in [0.1, 0.15) is 11.5 Å². The van der Waals surface area contributed by atoms with E-state index in [1.807, 2.05) is 32.0 Å². The quantitative estimate of drug-likeness (QED) is 0.486. The third kappa shape index (κ3) is 5.70. The fourth-order valence-electron chi connectivity index (χ4n) is 2.44. The first-order valence-electron chi connectivity index (χ1n) is 8.83. The first-order valence-corrected chi connectivity index (χ1v) is 8.83. The molecule has 0 unspecified atom stereocenters. The number of benzene rings is 2. The van der Waals surface area contributed by atoms with Crippen molar-refractivity contribution in [3.05, 3.63) is 42.0 Å². The van der Waals surface area contributed by atoms with Crippen molar-refractivity contribution in [1.29, 1.82) is 0 Å². The summed E-state index contributed by atoms with van der Waals surface area (Å²) in [4.78, 5) is 4.54. The van der Waals surface area contributed by atoms with Crippen molar-refractivity contribution in [1.82, 2.24) is 5.32 Å². The monoisotopic (exact) mass is 373 g/mol. The summed E-state index contributed by atoms with van der Waals surface area (Å²) >= 11 is 0. The SMILES string of the molecule is CCNC(=NCc1cc(OC)ccc1O)Nc1ccc(OCC)c(OC)c1. The topological polar surface area (TPSA) is 84.3 Å². The van der Waals surface area contributed by atoms with E-state index in [-0.39, 0.29) is 5.75 Å². The molecule has 0 aromatic heterocycles. The van der Waals surface area contributed by atoms with Crippen LogP contribution in [-0.4, -0.2) is 38.4 Å². The summed E-state index contributed by atoms with van der Waals surface area (Å²) < 4.78 is 16.1. The van der Waals surface area contributed by atoms with E-state index in [0.717, 1.165) is 5.69 Å². The molecule has 0 aliphatic heterocycles. The Balaban J connectivity index is 2.18. The Morgan fingerprint density at radius 2 is 1.85 bits per heavy atom. The number of guanidine groups is 1. The van der Waals surface area contributed by atoms with Gasteiger partial charge in [0.15, 0.2) is 17.5 Å². The molecule has 146 valence electrons. The molecule has 0 spiro atoms. The van der Waals surface area contributed by atoms with E-state index in [2.05, 4.69) is 15.6 Å². The fourth-order valence-corrected chi connectivity index (χ4v) is 2.44. The summed E-state index contributed by atoms with van der Waals surface area (Å²) in [5.74, 6) is 2.77. The maximum atomic E-state index is 10.0. The molecule has 0 amide bonds. The van der Waals surface area contributed by atoms with Crippen LogP contribution in [-0.2, 0) is 6.54 Å². The summed E-state index contributed by atoms with van der Waals surface area (Å²) in [6.45, 7) is 5.47. The highest BCUT2D eigenvalue weighted by Gasteiger charge is 2.08. The van der Waals surface area contributed by atoms with Crippen molar-refractivity contribution in [2.75, 3.05) is 32.7 Å². The van der Waals surface area contributed by atoms with Gasteiger partial charge in [-0.15, -0.1) is 0 Å². The van der Waals surface area contributed by atoms with Crippen molar-refractivity contribution in [3.8, 4) is 23.0 Å². The molecular formula is C20H27N3O4. The summed E-state index contributed by atoms with van der Waals surface area (Å²) in [6.07, 6.45) is 0. The molecule has 3 N–H and O–H groups in total. The van der Waals surface area contributed by atoms with Gasteiger partial charge in [-0.3, -0.25) is 0 Å². The van der Waals surface area contributed by atoms with E-state index in [0.29, 0.717) is 48.5 Å². The second kappa shape index (κ2) is 10.2. The number of phenolic OH excluding ortho intramolecular Hbond substituents is 1. The highest BCUT2D eigenvalue weighted by atomic mass is 16.5. The molecule has 0 aliphatic rings. The molecule has 0 saturated carbocycles.